The molecule has 0 bridgehead atoms. The number of ether oxygens (including phenoxy) is 2. The van der Waals surface area contributed by atoms with Crippen molar-refractivity contribution in [3.63, 3.8) is 0 Å². The molecule has 1 aromatic heterocycles. The van der Waals surface area contributed by atoms with Crippen molar-refractivity contribution in [3.05, 3.63) is 65.9 Å². The molecule has 0 N–H and O–H groups in total. The first-order chi connectivity index (χ1) is 20.0. The fourth-order valence-electron chi connectivity index (χ4n) is 5.60. The number of carbonyl (C=O) groups is 2. The van der Waals surface area contributed by atoms with E-state index in [1.807, 2.05) is 71.3 Å². The summed E-state index contributed by atoms with van der Waals surface area (Å²) in [5.74, 6) is 1.74. The van der Waals surface area contributed by atoms with Crippen LogP contribution in [0.1, 0.15) is 74.3 Å². The summed E-state index contributed by atoms with van der Waals surface area (Å²) >= 11 is 0. The summed E-state index contributed by atoms with van der Waals surface area (Å²) in [6.07, 6.45) is 9.01. The lowest BCUT2D eigenvalue weighted by Gasteiger charge is -2.35. The van der Waals surface area contributed by atoms with Gasteiger partial charge in [0.15, 0.2) is 0 Å². The van der Waals surface area contributed by atoms with Crippen molar-refractivity contribution >= 4 is 11.8 Å². The molecule has 1 aliphatic rings. The molecule has 0 atom stereocenters. The van der Waals surface area contributed by atoms with Crippen molar-refractivity contribution in [2.24, 2.45) is 0 Å². The van der Waals surface area contributed by atoms with E-state index in [-0.39, 0.29) is 11.8 Å². The van der Waals surface area contributed by atoms with E-state index in [0.717, 1.165) is 47.0 Å². The lowest BCUT2D eigenvalue weighted by atomic mass is 10.1. The van der Waals surface area contributed by atoms with Gasteiger partial charge < -0.3 is 23.8 Å². The van der Waals surface area contributed by atoms with E-state index in [9.17, 15) is 9.59 Å². The molecule has 0 radical (unpaired) electrons. The Hall–Kier alpha value is -3.74. The molecule has 3 aromatic rings. The molecule has 7 heteroatoms. The fraction of sp³-hybridized carbons (Fsp3) is 0.471. The van der Waals surface area contributed by atoms with Gasteiger partial charge in [-0.1, -0.05) is 51.5 Å². The minimum absolute atomic E-state index is 0.00177. The number of methoxy groups -OCH3 is 2. The lowest BCUT2D eigenvalue weighted by Crippen LogP contribution is -2.50. The van der Waals surface area contributed by atoms with Gasteiger partial charge in [-0.2, -0.15) is 0 Å². The van der Waals surface area contributed by atoms with Crippen LogP contribution >= 0.6 is 0 Å². The molecule has 1 aliphatic heterocycles. The van der Waals surface area contributed by atoms with E-state index in [0.29, 0.717) is 38.2 Å². The van der Waals surface area contributed by atoms with Crippen LogP contribution in [-0.4, -0.2) is 66.6 Å². The molecule has 7 nitrogen and oxygen atoms in total. The Morgan fingerprint density at radius 3 is 2.05 bits per heavy atom. The van der Waals surface area contributed by atoms with Crippen LogP contribution in [0, 0.1) is 6.92 Å². The predicted octanol–water partition coefficient (Wildman–Crippen LogP) is 6.90. The van der Waals surface area contributed by atoms with Crippen molar-refractivity contribution in [2.75, 3.05) is 40.4 Å². The summed E-state index contributed by atoms with van der Waals surface area (Å²) in [7, 11) is 3.30. The predicted molar refractivity (Wildman–Crippen MR) is 164 cm³/mol. The van der Waals surface area contributed by atoms with Crippen LogP contribution in [0.2, 0.25) is 0 Å². The third kappa shape index (κ3) is 7.51. The van der Waals surface area contributed by atoms with Gasteiger partial charge in [-0.25, -0.2) is 0 Å². The molecule has 0 aliphatic carbocycles. The van der Waals surface area contributed by atoms with Gasteiger partial charge >= 0.3 is 0 Å². The molecule has 0 spiro atoms. The Labute approximate surface area is 245 Å². The average Bonchev–Trinajstić information content (AvgIpc) is 3.37. The van der Waals surface area contributed by atoms with Crippen molar-refractivity contribution in [3.8, 4) is 28.4 Å². The number of piperazine rings is 1. The number of hydrogen-bond donors (Lipinski definition) is 0. The molecule has 0 unspecified atom stereocenters. The number of aromatic nitrogens is 1. The minimum atomic E-state index is -0.00177. The highest BCUT2D eigenvalue weighted by Crippen LogP contribution is 2.32. The van der Waals surface area contributed by atoms with Crippen molar-refractivity contribution in [1.29, 1.82) is 0 Å². The van der Waals surface area contributed by atoms with E-state index in [2.05, 4.69) is 11.5 Å². The minimum Gasteiger partial charge on any atom is -0.497 e. The van der Waals surface area contributed by atoms with Gasteiger partial charge in [0.1, 0.15) is 11.5 Å². The van der Waals surface area contributed by atoms with Crippen LogP contribution in [0.5, 0.6) is 11.5 Å². The Morgan fingerprint density at radius 1 is 0.756 bits per heavy atom. The van der Waals surface area contributed by atoms with Crippen LogP contribution in [0.25, 0.3) is 16.9 Å². The van der Waals surface area contributed by atoms with Crippen LogP contribution in [0.4, 0.5) is 0 Å². The molecule has 2 aromatic carbocycles. The summed E-state index contributed by atoms with van der Waals surface area (Å²) in [4.78, 5) is 30.4. The summed E-state index contributed by atoms with van der Waals surface area (Å²) in [6.45, 7) is 6.48. The molecular weight excluding hydrogens is 514 g/mol. The van der Waals surface area contributed by atoms with Gasteiger partial charge in [-0.05, 0) is 61.4 Å². The summed E-state index contributed by atoms with van der Waals surface area (Å²) in [5.41, 5.74) is 4.36. The Morgan fingerprint density at radius 2 is 1.39 bits per heavy atom. The maximum absolute atomic E-state index is 13.8. The third-order valence-corrected chi connectivity index (χ3v) is 8.09. The van der Waals surface area contributed by atoms with Gasteiger partial charge in [0.25, 0.3) is 5.91 Å². The first-order valence-corrected chi connectivity index (χ1v) is 15.0. The SMILES string of the molecule is CCCCCCCCCC(=O)N1CCN(C(=O)c2cc(-c3ccc(OC)cc3)n(-c3cccc(OC)c3)c2C)CC1. The van der Waals surface area contributed by atoms with Gasteiger partial charge in [-0.15, -0.1) is 0 Å². The van der Waals surface area contributed by atoms with Crippen molar-refractivity contribution < 1.29 is 19.1 Å². The molecule has 220 valence electrons. The zero-order chi connectivity index (χ0) is 29.2. The van der Waals surface area contributed by atoms with Gasteiger partial charge in [0.05, 0.1) is 25.5 Å². The normalized spacial score (nSPS) is 13.4. The molecule has 2 heterocycles. The van der Waals surface area contributed by atoms with Gasteiger partial charge in [0, 0.05) is 50.0 Å². The van der Waals surface area contributed by atoms with Crippen LogP contribution < -0.4 is 9.47 Å². The number of nitrogens with zero attached hydrogens (tertiary/aromatic N) is 3. The molecule has 41 heavy (non-hydrogen) atoms. The number of unbranched alkanes of at least 4 members (excludes halogenated alkanes) is 6. The highest BCUT2D eigenvalue weighted by Gasteiger charge is 2.28. The molecule has 2 amide bonds. The third-order valence-electron chi connectivity index (χ3n) is 8.09. The van der Waals surface area contributed by atoms with Crippen molar-refractivity contribution in [2.45, 2.75) is 65.2 Å². The standard InChI is InChI=1S/C34H45N3O4/c1-5-6-7-8-9-10-11-15-33(38)35-20-22-36(23-21-35)34(39)31-25-32(27-16-18-29(40-3)19-17-27)37(26(31)2)28-13-12-14-30(24-28)41-4/h12-14,16-19,24-25H,5-11,15,20-23H2,1-4H3. The molecule has 1 saturated heterocycles. The van der Waals surface area contributed by atoms with Crippen LogP contribution in [0.15, 0.2) is 54.6 Å². The zero-order valence-corrected chi connectivity index (χ0v) is 25.2. The second kappa shape index (κ2) is 14.8. The summed E-state index contributed by atoms with van der Waals surface area (Å²) in [6, 6.07) is 17.7. The quantitative estimate of drug-likeness (QED) is 0.214. The average molecular weight is 560 g/mol. The topological polar surface area (TPSA) is 64.0 Å². The van der Waals surface area contributed by atoms with Crippen LogP contribution in [-0.2, 0) is 4.79 Å². The maximum atomic E-state index is 13.8. The van der Waals surface area contributed by atoms with Crippen molar-refractivity contribution in [1.82, 2.24) is 14.4 Å². The molecule has 4 rings (SSSR count). The van der Waals surface area contributed by atoms with E-state index < -0.39 is 0 Å². The summed E-state index contributed by atoms with van der Waals surface area (Å²) < 4.78 is 13.0. The fourth-order valence-corrected chi connectivity index (χ4v) is 5.60. The number of carbonyl (C=O) groups excluding carboxylic acids is 2. The maximum Gasteiger partial charge on any atom is 0.255 e. The molecular formula is C34H45N3O4. The molecule has 0 saturated carbocycles. The first-order valence-electron chi connectivity index (χ1n) is 15.0. The highest BCUT2D eigenvalue weighted by molar-refractivity contribution is 5.97. The lowest BCUT2D eigenvalue weighted by molar-refractivity contribution is -0.132. The number of benzene rings is 2. The van der Waals surface area contributed by atoms with Gasteiger partial charge in [0.2, 0.25) is 5.91 Å². The van der Waals surface area contributed by atoms with E-state index in [1.54, 1.807) is 14.2 Å². The smallest absolute Gasteiger partial charge is 0.255 e. The number of amides is 2. The number of rotatable bonds is 13. The van der Waals surface area contributed by atoms with E-state index in [4.69, 9.17) is 9.47 Å². The zero-order valence-electron chi connectivity index (χ0n) is 25.2. The largest absolute Gasteiger partial charge is 0.497 e. The molecule has 1 fully saturated rings. The monoisotopic (exact) mass is 559 g/mol. The van der Waals surface area contributed by atoms with E-state index >= 15 is 0 Å². The van der Waals surface area contributed by atoms with Gasteiger partial charge in [-0.3, -0.25) is 9.59 Å². The second-order valence-corrected chi connectivity index (χ2v) is 10.8. The second-order valence-electron chi connectivity index (χ2n) is 10.8. The Kier molecular flexibility index (Phi) is 10.9. The Bertz CT molecular complexity index is 1290. The summed E-state index contributed by atoms with van der Waals surface area (Å²) in [5, 5.41) is 0. The highest BCUT2D eigenvalue weighted by atomic mass is 16.5. The van der Waals surface area contributed by atoms with E-state index in [1.165, 1.54) is 32.1 Å². The van der Waals surface area contributed by atoms with Crippen LogP contribution in [0.3, 0.4) is 0 Å². The number of hydrogen-bond acceptors (Lipinski definition) is 4. The first kappa shape index (κ1) is 30.2. The Balaban J connectivity index is 1.46.